The van der Waals surface area contributed by atoms with E-state index < -0.39 is 10.0 Å². The van der Waals surface area contributed by atoms with Crippen molar-refractivity contribution in [3.63, 3.8) is 0 Å². The third-order valence-corrected chi connectivity index (χ3v) is 6.42. The highest BCUT2D eigenvalue weighted by Crippen LogP contribution is 2.27. The summed E-state index contributed by atoms with van der Waals surface area (Å²) in [5.41, 5.74) is 1.99. The van der Waals surface area contributed by atoms with Gasteiger partial charge in [0.25, 0.3) is 15.9 Å². The van der Waals surface area contributed by atoms with Crippen LogP contribution in [0.2, 0.25) is 10.0 Å². The van der Waals surface area contributed by atoms with E-state index in [2.05, 4.69) is 11.3 Å². The zero-order chi connectivity index (χ0) is 19.6. The summed E-state index contributed by atoms with van der Waals surface area (Å²) < 4.78 is 27.5. The first-order chi connectivity index (χ1) is 12.8. The molecule has 1 aliphatic heterocycles. The Hall–Kier alpha value is -2.02. The highest BCUT2D eigenvalue weighted by atomic mass is 35.5. The first-order valence-electron chi connectivity index (χ1n) is 8.30. The van der Waals surface area contributed by atoms with Gasteiger partial charge in [0.2, 0.25) is 0 Å². The Bertz CT molecular complexity index is 979. The van der Waals surface area contributed by atoms with Crippen LogP contribution < -0.4 is 4.72 Å². The minimum atomic E-state index is -3.90. The van der Waals surface area contributed by atoms with Gasteiger partial charge in [0.15, 0.2) is 0 Å². The van der Waals surface area contributed by atoms with Crippen molar-refractivity contribution >= 4 is 44.8 Å². The predicted molar refractivity (Wildman–Crippen MR) is 108 cm³/mol. The SMILES string of the molecule is C=C1CCN(C(=O)c2ccc(NS(=O)(=O)c3cc(Cl)ccc3Cl)cc2)CC1. The van der Waals surface area contributed by atoms with Gasteiger partial charge in [-0.15, -0.1) is 0 Å². The number of hydrogen-bond acceptors (Lipinski definition) is 3. The van der Waals surface area contributed by atoms with Crippen molar-refractivity contribution in [2.24, 2.45) is 0 Å². The van der Waals surface area contributed by atoms with Gasteiger partial charge in [-0.25, -0.2) is 8.42 Å². The van der Waals surface area contributed by atoms with Crippen LogP contribution in [0.3, 0.4) is 0 Å². The molecule has 0 spiro atoms. The molecule has 1 saturated heterocycles. The molecule has 27 heavy (non-hydrogen) atoms. The number of nitrogens with zero attached hydrogens (tertiary/aromatic N) is 1. The number of piperidine rings is 1. The van der Waals surface area contributed by atoms with E-state index in [1.807, 2.05) is 0 Å². The number of carbonyl (C=O) groups is 1. The highest BCUT2D eigenvalue weighted by molar-refractivity contribution is 7.92. The van der Waals surface area contributed by atoms with E-state index >= 15 is 0 Å². The number of anilines is 1. The lowest BCUT2D eigenvalue weighted by Gasteiger charge is -2.28. The average molecular weight is 425 g/mol. The molecule has 1 N–H and O–H groups in total. The Kier molecular flexibility index (Phi) is 5.79. The molecular formula is C19H18Cl2N2O3S. The normalized spacial score (nSPS) is 14.9. The molecule has 1 aliphatic rings. The maximum absolute atomic E-state index is 12.5. The third kappa shape index (κ3) is 4.64. The molecule has 1 amide bonds. The molecule has 2 aromatic rings. The van der Waals surface area contributed by atoms with Crippen LogP contribution in [0.15, 0.2) is 59.5 Å². The van der Waals surface area contributed by atoms with Gasteiger partial charge in [-0.2, -0.15) is 0 Å². The summed E-state index contributed by atoms with van der Waals surface area (Å²) in [5, 5.41) is 0.343. The van der Waals surface area contributed by atoms with Gasteiger partial charge in [0.1, 0.15) is 4.90 Å². The second kappa shape index (κ2) is 7.92. The zero-order valence-corrected chi connectivity index (χ0v) is 16.7. The van der Waals surface area contributed by atoms with Crippen molar-refractivity contribution in [3.8, 4) is 0 Å². The van der Waals surface area contributed by atoms with Crippen molar-refractivity contribution in [2.75, 3.05) is 17.8 Å². The smallest absolute Gasteiger partial charge is 0.263 e. The standard InChI is InChI=1S/C19H18Cl2N2O3S/c1-13-8-10-23(11-9-13)19(24)14-2-5-16(6-3-14)22-27(25,26)18-12-15(20)4-7-17(18)21/h2-7,12,22H,1,8-11H2. The van der Waals surface area contributed by atoms with Crippen molar-refractivity contribution < 1.29 is 13.2 Å². The Morgan fingerprint density at radius 3 is 2.30 bits per heavy atom. The first kappa shape index (κ1) is 19.7. The molecule has 8 heteroatoms. The fourth-order valence-corrected chi connectivity index (χ4v) is 4.60. The summed E-state index contributed by atoms with van der Waals surface area (Å²) in [6, 6.07) is 10.5. The molecule has 0 bridgehead atoms. The molecule has 5 nitrogen and oxygen atoms in total. The van der Waals surface area contributed by atoms with E-state index in [9.17, 15) is 13.2 Å². The van der Waals surface area contributed by atoms with Gasteiger partial charge in [-0.05, 0) is 55.3 Å². The zero-order valence-electron chi connectivity index (χ0n) is 14.4. The summed E-state index contributed by atoms with van der Waals surface area (Å²) in [7, 11) is -3.90. The van der Waals surface area contributed by atoms with Gasteiger partial charge < -0.3 is 4.90 Å². The molecular weight excluding hydrogens is 407 g/mol. The van der Waals surface area contributed by atoms with Gasteiger partial charge in [-0.1, -0.05) is 35.4 Å². The number of sulfonamides is 1. The Balaban J connectivity index is 1.74. The molecule has 0 radical (unpaired) electrons. The van der Waals surface area contributed by atoms with Crippen LogP contribution in [-0.2, 0) is 10.0 Å². The number of amides is 1. The number of nitrogens with one attached hydrogen (secondary N) is 1. The van der Waals surface area contributed by atoms with Crippen LogP contribution in [0.1, 0.15) is 23.2 Å². The quantitative estimate of drug-likeness (QED) is 0.729. The molecule has 1 fully saturated rings. The summed E-state index contributed by atoms with van der Waals surface area (Å²) in [4.78, 5) is 14.2. The summed E-state index contributed by atoms with van der Waals surface area (Å²) in [5.74, 6) is -0.0743. The molecule has 142 valence electrons. The van der Waals surface area contributed by atoms with E-state index in [0.29, 0.717) is 24.3 Å². The fourth-order valence-electron chi connectivity index (χ4n) is 2.78. The Labute approximate surface area is 168 Å². The summed E-state index contributed by atoms with van der Waals surface area (Å²) in [6.07, 6.45) is 1.62. The van der Waals surface area contributed by atoms with E-state index in [0.717, 1.165) is 18.4 Å². The van der Waals surface area contributed by atoms with Crippen molar-refractivity contribution in [3.05, 3.63) is 70.2 Å². The number of hydrogen-bond donors (Lipinski definition) is 1. The Morgan fingerprint density at radius 2 is 1.67 bits per heavy atom. The molecule has 1 heterocycles. The lowest BCUT2D eigenvalue weighted by Crippen LogP contribution is -2.36. The number of benzene rings is 2. The van der Waals surface area contributed by atoms with Crippen molar-refractivity contribution in [1.82, 2.24) is 4.90 Å². The maximum Gasteiger partial charge on any atom is 0.263 e. The lowest BCUT2D eigenvalue weighted by molar-refractivity contribution is 0.0744. The van der Waals surface area contributed by atoms with E-state index in [-0.39, 0.29) is 20.8 Å². The van der Waals surface area contributed by atoms with Crippen molar-refractivity contribution in [1.29, 1.82) is 0 Å². The highest BCUT2D eigenvalue weighted by Gasteiger charge is 2.21. The molecule has 0 saturated carbocycles. The molecule has 0 aliphatic carbocycles. The number of rotatable bonds is 4. The maximum atomic E-state index is 12.5. The van der Waals surface area contributed by atoms with Crippen molar-refractivity contribution in [2.45, 2.75) is 17.7 Å². The molecule has 0 atom stereocenters. The molecule has 0 aromatic heterocycles. The lowest BCUT2D eigenvalue weighted by atomic mass is 10.0. The fraction of sp³-hybridized carbons (Fsp3) is 0.211. The summed E-state index contributed by atoms with van der Waals surface area (Å²) in [6.45, 7) is 5.25. The van der Waals surface area contributed by atoms with Gasteiger partial charge in [0, 0.05) is 29.4 Å². The number of carbonyl (C=O) groups excluding carboxylic acids is 1. The predicted octanol–water partition coefficient (Wildman–Crippen LogP) is 4.59. The molecule has 2 aromatic carbocycles. The minimum Gasteiger partial charge on any atom is -0.338 e. The number of likely N-dealkylation sites (tertiary alicyclic amines) is 1. The monoisotopic (exact) mass is 424 g/mol. The summed E-state index contributed by atoms with van der Waals surface area (Å²) >= 11 is 11.8. The molecule has 0 unspecified atom stereocenters. The second-order valence-corrected chi connectivity index (χ2v) is 8.79. The van der Waals surface area contributed by atoms with Gasteiger partial charge in [-0.3, -0.25) is 9.52 Å². The van der Waals surface area contributed by atoms with Crippen LogP contribution in [-0.4, -0.2) is 32.3 Å². The van der Waals surface area contributed by atoms with Crippen LogP contribution in [0.4, 0.5) is 5.69 Å². The largest absolute Gasteiger partial charge is 0.338 e. The molecule has 3 rings (SSSR count). The average Bonchev–Trinajstić information content (AvgIpc) is 2.64. The van der Waals surface area contributed by atoms with Gasteiger partial charge >= 0.3 is 0 Å². The van der Waals surface area contributed by atoms with E-state index in [4.69, 9.17) is 23.2 Å². The Morgan fingerprint density at radius 1 is 1.04 bits per heavy atom. The van der Waals surface area contributed by atoms with Crippen LogP contribution in [0, 0.1) is 0 Å². The number of halogens is 2. The second-order valence-electron chi connectivity index (χ2n) is 6.30. The third-order valence-electron chi connectivity index (χ3n) is 4.32. The van der Waals surface area contributed by atoms with E-state index in [1.54, 1.807) is 29.2 Å². The van der Waals surface area contributed by atoms with Crippen LogP contribution >= 0.6 is 23.2 Å². The topological polar surface area (TPSA) is 66.5 Å². The van der Waals surface area contributed by atoms with E-state index in [1.165, 1.54) is 18.2 Å². The van der Waals surface area contributed by atoms with Gasteiger partial charge in [0.05, 0.1) is 5.02 Å². The van der Waals surface area contributed by atoms with Crippen LogP contribution in [0.25, 0.3) is 0 Å². The van der Waals surface area contributed by atoms with Crippen LogP contribution in [0.5, 0.6) is 0 Å². The first-order valence-corrected chi connectivity index (χ1v) is 10.5. The minimum absolute atomic E-state index is 0.0743.